The fraction of sp³-hybridized carbons (Fsp3) is 0.455. The molecule has 1 aliphatic heterocycles. The Bertz CT molecular complexity index is 724. The third kappa shape index (κ3) is 5.76. The van der Waals surface area contributed by atoms with Crippen molar-refractivity contribution >= 4 is 0 Å². The molecule has 2 unspecified atom stereocenters. The summed E-state index contributed by atoms with van der Waals surface area (Å²) >= 11 is 0. The minimum atomic E-state index is -0.581. The standard InChI is InChI=1S/C22H28FNO3/c1-26-21-9-4-6-17(13-21)12-19-8-5-11-24(19)14-20(25)16-27-15-18-7-2-3-10-22(18)23/h2-4,6-7,9-10,13,19-20,25H,5,8,11-12,14-16H2,1H3. The van der Waals surface area contributed by atoms with Gasteiger partial charge in [-0.15, -0.1) is 0 Å². The number of halogens is 1. The van der Waals surface area contributed by atoms with Gasteiger partial charge in [0.1, 0.15) is 11.6 Å². The van der Waals surface area contributed by atoms with Gasteiger partial charge in [-0.05, 0) is 49.6 Å². The van der Waals surface area contributed by atoms with Crippen molar-refractivity contribution in [3.8, 4) is 5.75 Å². The molecule has 1 saturated heterocycles. The molecular formula is C22H28FNO3. The smallest absolute Gasteiger partial charge is 0.128 e. The Morgan fingerprint density at radius 3 is 2.89 bits per heavy atom. The molecule has 0 saturated carbocycles. The van der Waals surface area contributed by atoms with E-state index < -0.39 is 6.10 Å². The van der Waals surface area contributed by atoms with E-state index in [9.17, 15) is 9.50 Å². The maximum absolute atomic E-state index is 13.6. The highest BCUT2D eigenvalue weighted by atomic mass is 19.1. The summed E-state index contributed by atoms with van der Waals surface area (Å²) in [5.74, 6) is 0.600. The SMILES string of the molecule is COc1cccc(CC2CCCN2CC(O)COCc2ccccc2F)c1. The summed E-state index contributed by atoms with van der Waals surface area (Å²) < 4.78 is 24.4. The normalized spacial score (nSPS) is 18.6. The third-order valence-corrected chi connectivity index (χ3v) is 5.08. The van der Waals surface area contributed by atoms with Gasteiger partial charge in [-0.1, -0.05) is 30.3 Å². The second-order valence-electron chi connectivity index (χ2n) is 7.11. The lowest BCUT2D eigenvalue weighted by Crippen LogP contribution is -2.39. The summed E-state index contributed by atoms with van der Waals surface area (Å²) in [6.07, 6.45) is 2.62. The quantitative estimate of drug-likeness (QED) is 0.731. The molecular weight excluding hydrogens is 345 g/mol. The topological polar surface area (TPSA) is 41.9 Å². The molecule has 1 fully saturated rings. The van der Waals surface area contributed by atoms with Gasteiger partial charge in [0.25, 0.3) is 0 Å². The maximum atomic E-state index is 13.6. The number of ether oxygens (including phenoxy) is 2. The van der Waals surface area contributed by atoms with E-state index in [0.29, 0.717) is 18.2 Å². The Balaban J connectivity index is 1.46. The summed E-state index contributed by atoms with van der Waals surface area (Å²) in [7, 11) is 1.68. The molecule has 0 spiro atoms. The van der Waals surface area contributed by atoms with E-state index in [-0.39, 0.29) is 19.0 Å². The number of rotatable bonds is 9. The summed E-state index contributed by atoms with van der Waals surface area (Å²) in [6, 6.07) is 15.1. The highest BCUT2D eigenvalue weighted by Gasteiger charge is 2.26. The number of aliphatic hydroxyl groups is 1. The fourth-order valence-electron chi connectivity index (χ4n) is 3.68. The molecule has 5 heteroatoms. The van der Waals surface area contributed by atoms with Crippen LogP contribution in [0.1, 0.15) is 24.0 Å². The molecule has 3 rings (SSSR count). The third-order valence-electron chi connectivity index (χ3n) is 5.08. The molecule has 2 atom stereocenters. The molecule has 1 heterocycles. The lowest BCUT2D eigenvalue weighted by atomic mass is 10.0. The summed E-state index contributed by atoms with van der Waals surface area (Å²) in [5.41, 5.74) is 1.76. The zero-order valence-corrected chi connectivity index (χ0v) is 15.8. The van der Waals surface area contributed by atoms with Gasteiger partial charge >= 0.3 is 0 Å². The second-order valence-corrected chi connectivity index (χ2v) is 7.11. The first kappa shape index (κ1) is 19.8. The van der Waals surface area contributed by atoms with Gasteiger partial charge in [0, 0.05) is 18.2 Å². The molecule has 1 aliphatic rings. The number of hydrogen-bond donors (Lipinski definition) is 1. The summed E-state index contributed by atoms with van der Waals surface area (Å²) in [6.45, 7) is 1.94. The van der Waals surface area contributed by atoms with Crippen molar-refractivity contribution in [2.75, 3.05) is 26.8 Å². The lowest BCUT2D eigenvalue weighted by Gasteiger charge is -2.27. The highest BCUT2D eigenvalue weighted by molar-refractivity contribution is 5.29. The molecule has 1 N–H and O–H groups in total. The van der Waals surface area contributed by atoms with Crippen molar-refractivity contribution in [3.05, 3.63) is 65.5 Å². The molecule has 0 amide bonds. The predicted octanol–water partition coefficient (Wildman–Crippen LogP) is 3.42. The van der Waals surface area contributed by atoms with Crippen LogP contribution in [0.5, 0.6) is 5.75 Å². The Morgan fingerprint density at radius 1 is 1.22 bits per heavy atom. The Hall–Kier alpha value is -1.95. The number of aliphatic hydroxyl groups excluding tert-OH is 1. The first-order chi connectivity index (χ1) is 13.2. The van der Waals surface area contributed by atoms with E-state index in [1.807, 2.05) is 12.1 Å². The molecule has 146 valence electrons. The van der Waals surface area contributed by atoms with Crippen LogP contribution in [0.3, 0.4) is 0 Å². The van der Waals surface area contributed by atoms with Gasteiger partial charge in [-0.3, -0.25) is 4.90 Å². The van der Waals surface area contributed by atoms with Gasteiger partial charge in [-0.2, -0.15) is 0 Å². The highest BCUT2D eigenvalue weighted by Crippen LogP contribution is 2.23. The number of hydrogen-bond acceptors (Lipinski definition) is 4. The average molecular weight is 373 g/mol. The number of methoxy groups -OCH3 is 1. The molecule has 0 radical (unpaired) electrons. The zero-order valence-electron chi connectivity index (χ0n) is 15.8. The van der Waals surface area contributed by atoms with Crippen LogP contribution < -0.4 is 4.74 Å². The van der Waals surface area contributed by atoms with E-state index in [1.54, 1.807) is 25.3 Å². The molecule has 2 aromatic carbocycles. The first-order valence-corrected chi connectivity index (χ1v) is 9.52. The van der Waals surface area contributed by atoms with Crippen LogP contribution in [0.2, 0.25) is 0 Å². The lowest BCUT2D eigenvalue weighted by molar-refractivity contribution is 0.00715. The van der Waals surface area contributed by atoms with Crippen LogP contribution in [0.25, 0.3) is 0 Å². The van der Waals surface area contributed by atoms with Crippen LogP contribution >= 0.6 is 0 Å². The summed E-state index contributed by atoms with van der Waals surface area (Å²) in [4.78, 5) is 2.33. The second kappa shape index (κ2) is 9.83. The van der Waals surface area contributed by atoms with E-state index >= 15 is 0 Å². The Labute approximate surface area is 160 Å². The van der Waals surface area contributed by atoms with Crippen molar-refractivity contribution in [3.63, 3.8) is 0 Å². The first-order valence-electron chi connectivity index (χ1n) is 9.52. The Kier molecular flexibility index (Phi) is 7.21. The molecule has 0 bridgehead atoms. The van der Waals surface area contributed by atoms with Crippen molar-refractivity contribution in [1.29, 1.82) is 0 Å². The average Bonchev–Trinajstić information content (AvgIpc) is 3.10. The minimum Gasteiger partial charge on any atom is -0.497 e. The van der Waals surface area contributed by atoms with Crippen LogP contribution in [-0.4, -0.2) is 49.0 Å². The molecule has 27 heavy (non-hydrogen) atoms. The molecule has 0 aromatic heterocycles. The van der Waals surface area contributed by atoms with Gasteiger partial charge in [0.2, 0.25) is 0 Å². The Morgan fingerprint density at radius 2 is 2.07 bits per heavy atom. The molecule has 2 aromatic rings. The van der Waals surface area contributed by atoms with E-state index in [1.165, 1.54) is 11.6 Å². The monoisotopic (exact) mass is 373 g/mol. The van der Waals surface area contributed by atoms with E-state index in [2.05, 4.69) is 17.0 Å². The fourth-order valence-corrected chi connectivity index (χ4v) is 3.68. The van der Waals surface area contributed by atoms with Crippen LogP contribution in [0.15, 0.2) is 48.5 Å². The molecule has 0 aliphatic carbocycles. The largest absolute Gasteiger partial charge is 0.497 e. The van der Waals surface area contributed by atoms with Crippen molar-refractivity contribution in [2.24, 2.45) is 0 Å². The van der Waals surface area contributed by atoms with Gasteiger partial charge in [-0.25, -0.2) is 4.39 Å². The maximum Gasteiger partial charge on any atom is 0.128 e. The number of β-amino-alcohol motifs (C(OH)–C–C–N with tert-alkyl or cyclic N) is 1. The predicted molar refractivity (Wildman–Crippen MR) is 103 cm³/mol. The van der Waals surface area contributed by atoms with Crippen LogP contribution in [0.4, 0.5) is 4.39 Å². The van der Waals surface area contributed by atoms with Crippen molar-refractivity contribution < 1.29 is 19.0 Å². The van der Waals surface area contributed by atoms with Gasteiger partial charge < -0.3 is 14.6 Å². The summed E-state index contributed by atoms with van der Waals surface area (Å²) in [5, 5.41) is 10.3. The van der Waals surface area contributed by atoms with Crippen molar-refractivity contribution in [2.45, 2.75) is 38.0 Å². The van der Waals surface area contributed by atoms with E-state index in [4.69, 9.17) is 9.47 Å². The van der Waals surface area contributed by atoms with E-state index in [0.717, 1.165) is 31.6 Å². The molecule has 4 nitrogen and oxygen atoms in total. The number of nitrogens with zero attached hydrogens (tertiary/aromatic N) is 1. The van der Waals surface area contributed by atoms with Gasteiger partial charge in [0.05, 0.1) is 26.4 Å². The van der Waals surface area contributed by atoms with Crippen molar-refractivity contribution in [1.82, 2.24) is 4.90 Å². The van der Waals surface area contributed by atoms with Gasteiger partial charge in [0.15, 0.2) is 0 Å². The zero-order chi connectivity index (χ0) is 19.1. The number of likely N-dealkylation sites (tertiary alicyclic amines) is 1. The van der Waals surface area contributed by atoms with Crippen LogP contribution in [-0.2, 0) is 17.8 Å². The van der Waals surface area contributed by atoms with Crippen LogP contribution in [0, 0.1) is 5.82 Å². The number of benzene rings is 2. The minimum absolute atomic E-state index is 0.178.